The zero-order chi connectivity index (χ0) is 17.4. The van der Waals surface area contributed by atoms with E-state index in [1.165, 1.54) is 38.5 Å². The first kappa shape index (κ1) is 15.5. The molecule has 0 amide bonds. The first-order valence-electron chi connectivity index (χ1n) is 6.90. The lowest BCUT2D eigenvalue weighted by atomic mass is 10.1. The van der Waals surface area contributed by atoms with Crippen molar-refractivity contribution in [2.75, 3.05) is 14.2 Å². The number of phenols is 3. The van der Waals surface area contributed by atoms with E-state index in [1.807, 2.05) is 0 Å². The van der Waals surface area contributed by atoms with Crippen molar-refractivity contribution < 1.29 is 29.2 Å². The predicted octanol–water partition coefficient (Wildman–Crippen LogP) is 2.59. The highest BCUT2D eigenvalue weighted by Gasteiger charge is 2.18. The van der Waals surface area contributed by atoms with E-state index in [4.69, 9.17) is 13.9 Å². The van der Waals surface area contributed by atoms with Gasteiger partial charge in [0.2, 0.25) is 5.75 Å². The van der Waals surface area contributed by atoms with Crippen LogP contribution in [0.5, 0.6) is 28.7 Å². The van der Waals surface area contributed by atoms with Gasteiger partial charge in [0.1, 0.15) is 16.7 Å². The van der Waals surface area contributed by atoms with E-state index in [1.54, 1.807) is 6.07 Å². The van der Waals surface area contributed by atoms with E-state index >= 15 is 0 Å². The van der Waals surface area contributed by atoms with Crippen LogP contribution in [0.2, 0.25) is 0 Å². The van der Waals surface area contributed by atoms with Crippen molar-refractivity contribution in [1.82, 2.24) is 0 Å². The Labute approximate surface area is 135 Å². The van der Waals surface area contributed by atoms with Crippen molar-refractivity contribution in [2.24, 2.45) is 0 Å². The zero-order valence-corrected chi connectivity index (χ0v) is 12.9. The van der Waals surface area contributed by atoms with Gasteiger partial charge in [-0.05, 0) is 18.2 Å². The van der Waals surface area contributed by atoms with Crippen molar-refractivity contribution >= 4 is 11.0 Å². The van der Waals surface area contributed by atoms with E-state index in [-0.39, 0.29) is 39.7 Å². The van der Waals surface area contributed by atoms with Crippen LogP contribution in [0.15, 0.2) is 39.5 Å². The molecular formula is C17H14O7. The summed E-state index contributed by atoms with van der Waals surface area (Å²) in [5.74, 6) is -0.732. The average Bonchev–Trinajstić information content (AvgIpc) is 2.54. The molecule has 0 radical (unpaired) electrons. The molecule has 3 aromatic rings. The summed E-state index contributed by atoms with van der Waals surface area (Å²) in [4.78, 5) is 12.3. The zero-order valence-electron chi connectivity index (χ0n) is 12.9. The van der Waals surface area contributed by atoms with Gasteiger partial charge >= 0.3 is 0 Å². The minimum absolute atomic E-state index is 0.0105. The third-order valence-corrected chi connectivity index (χ3v) is 3.59. The number of fused-ring (bicyclic) bond motifs is 1. The quantitative estimate of drug-likeness (QED) is 0.677. The monoisotopic (exact) mass is 330 g/mol. The molecule has 0 saturated heterocycles. The maximum absolute atomic E-state index is 12.3. The van der Waals surface area contributed by atoms with Crippen LogP contribution in [0.1, 0.15) is 0 Å². The fourth-order valence-corrected chi connectivity index (χ4v) is 2.46. The summed E-state index contributed by atoms with van der Waals surface area (Å²) in [6.07, 6.45) is 0. The van der Waals surface area contributed by atoms with Gasteiger partial charge in [-0.25, -0.2) is 0 Å². The molecule has 0 unspecified atom stereocenters. The summed E-state index contributed by atoms with van der Waals surface area (Å²) >= 11 is 0. The summed E-state index contributed by atoms with van der Waals surface area (Å²) in [5, 5.41) is 29.7. The van der Waals surface area contributed by atoms with Crippen LogP contribution in [0, 0.1) is 0 Å². The molecular weight excluding hydrogens is 316 g/mol. The van der Waals surface area contributed by atoms with Crippen LogP contribution in [-0.4, -0.2) is 29.5 Å². The molecule has 7 nitrogen and oxygen atoms in total. The minimum Gasteiger partial charge on any atom is -0.504 e. The van der Waals surface area contributed by atoms with E-state index in [2.05, 4.69) is 0 Å². The molecule has 0 saturated carbocycles. The second-order valence-corrected chi connectivity index (χ2v) is 5.01. The van der Waals surface area contributed by atoms with Crippen LogP contribution in [0.25, 0.3) is 22.3 Å². The fourth-order valence-electron chi connectivity index (χ4n) is 2.46. The number of rotatable bonds is 3. The van der Waals surface area contributed by atoms with Crippen molar-refractivity contribution in [1.29, 1.82) is 0 Å². The van der Waals surface area contributed by atoms with E-state index in [9.17, 15) is 20.1 Å². The Hall–Kier alpha value is -3.35. The lowest BCUT2D eigenvalue weighted by Gasteiger charge is -2.10. The lowest BCUT2D eigenvalue weighted by molar-refractivity contribution is 0.346. The molecule has 3 rings (SSSR count). The van der Waals surface area contributed by atoms with Crippen LogP contribution in [-0.2, 0) is 0 Å². The van der Waals surface area contributed by atoms with Gasteiger partial charge < -0.3 is 29.2 Å². The van der Waals surface area contributed by atoms with Crippen LogP contribution < -0.4 is 14.9 Å². The third-order valence-electron chi connectivity index (χ3n) is 3.59. The Kier molecular flexibility index (Phi) is 3.69. The smallest absolute Gasteiger partial charge is 0.203 e. The molecule has 0 spiro atoms. The fraction of sp³-hybridized carbons (Fsp3) is 0.118. The lowest BCUT2D eigenvalue weighted by Crippen LogP contribution is -2.02. The molecule has 3 N–H and O–H groups in total. The molecule has 2 aromatic carbocycles. The predicted molar refractivity (Wildman–Crippen MR) is 86.0 cm³/mol. The Balaban J connectivity index is 2.25. The van der Waals surface area contributed by atoms with Crippen molar-refractivity contribution in [2.45, 2.75) is 0 Å². The number of aromatic hydroxyl groups is 3. The van der Waals surface area contributed by atoms with Gasteiger partial charge in [-0.1, -0.05) is 0 Å². The number of hydrogen-bond donors (Lipinski definition) is 3. The largest absolute Gasteiger partial charge is 0.504 e. The number of phenolic OH excluding ortho intramolecular Hbond substituents is 3. The molecule has 7 heteroatoms. The van der Waals surface area contributed by atoms with Crippen LogP contribution >= 0.6 is 0 Å². The molecule has 0 atom stereocenters. The second-order valence-electron chi connectivity index (χ2n) is 5.01. The molecule has 0 aliphatic carbocycles. The summed E-state index contributed by atoms with van der Waals surface area (Å²) in [6.45, 7) is 0. The summed E-state index contributed by atoms with van der Waals surface area (Å²) in [6, 6.07) is 6.87. The first-order chi connectivity index (χ1) is 11.5. The molecule has 0 fully saturated rings. The van der Waals surface area contributed by atoms with Gasteiger partial charge in [0.05, 0.1) is 14.2 Å². The second kappa shape index (κ2) is 5.69. The number of hydrogen-bond acceptors (Lipinski definition) is 7. The van der Waals surface area contributed by atoms with Gasteiger partial charge in [-0.2, -0.15) is 0 Å². The van der Waals surface area contributed by atoms with Gasteiger partial charge in [0.15, 0.2) is 28.4 Å². The molecule has 1 heterocycles. The highest BCUT2D eigenvalue weighted by atomic mass is 16.5. The Bertz CT molecular complexity index is 988. The first-order valence-corrected chi connectivity index (χ1v) is 6.90. The summed E-state index contributed by atoms with van der Waals surface area (Å²) < 4.78 is 15.4. The van der Waals surface area contributed by atoms with Gasteiger partial charge in [-0.15, -0.1) is 0 Å². The maximum Gasteiger partial charge on any atom is 0.203 e. The minimum atomic E-state index is -0.516. The Morgan fingerprint density at radius 3 is 2.33 bits per heavy atom. The third kappa shape index (κ3) is 2.36. The molecule has 124 valence electrons. The normalized spacial score (nSPS) is 10.8. The average molecular weight is 330 g/mol. The molecule has 0 aliphatic heterocycles. The van der Waals surface area contributed by atoms with Crippen LogP contribution in [0.3, 0.4) is 0 Å². The van der Waals surface area contributed by atoms with E-state index < -0.39 is 11.2 Å². The topological polar surface area (TPSA) is 109 Å². The Morgan fingerprint density at radius 2 is 1.71 bits per heavy atom. The SMILES string of the molecule is COc1ccc(-c2cc(=O)c3c(O)c(OC)c(O)cc3o2)cc1O. The van der Waals surface area contributed by atoms with Gasteiger partial charge in [0.25, 0.3) is 0 Å². The highest BCUT2D eigenvalue weighted by molar-refractivity contribution is 5.89. The van der Waals surface area contributed by atoms with Gasteiger partial charge in [-0.3, -0.25) is 4.79 Å². The Morgan fingerprint density at radius 1 is 0.958 bits per heavy atom. The summed E-state index contributed by atoms with van der Waals surface area (Å²) in [5.41, 5.74) is -0.0944. The number of benzene rings is 2. The van der Waals surface area contributed by atoms with Crippen molar-refractivity contribution in [3.63, 3.8) is 0 Å². The maximum atomic E-state index is 12.3. The standard InChI is InChI=1S/C17H14O7/c1-22-12-4-3-8(5-9(12)18)13-6-10(19)15-14(24-13)7-11(20)17(23-2)16(15)21/h3-7,18,20-21H,1-2H3. The van der Waals surface area contributed by atoms with E-state index in [0.717, 1.165) is 0 Å². The summed E-state index contributed by atoms with van der Waals surface area (Å²) in [7, 11) is 2.68. The highest BCUT2D eigenvalue weighted by Crippen LogP contribution is 2.41. The number of methoxy groups -OCH3 is 2. The number of ether oxygens (including phenoxy) is 2. The molecule has 0 bridgehead atoms. The molecule has 1 aromatic heterocycles. The molecule has 0 aliphatic rings. The van der Waals surface area contributed by atoms with Gasteiger partial charge in [0, 0.05) is 17.7 Å². The van der Waals surface area contributed by atoms with Crippen LogP contribution in [0.4, 0.5) is 0 Å². The molecule has 24 heavy (non-hydrogen) atoms. The van der Waals surface area contributed by atoms with Crippen molar-refractivity contribution in [3.05, 3.63) is 40.6 Å². The van der Waals surface area contributed by atoms with Crippen molar-refractivity contribution in [3.8, 4) is 40.1 Å². The van der Waals surface area contributed by atoms with E-state index in [0.29, 0.717) is 5.56 Å².